The molecule has 0 spiro atoms. The second kappa shape index (κ2) is 10.5. The molecule has 5 heteroatoms. The monoisotopic (exact) mass is 516 g/mol. The minimum Gasteiger partial charge on any atom is -0.482 e. The molecule has 0 aromatic heterocycles. The van der Waals surface area contributed by atoms with E-state index in [-0.39, 0.29) is 6.61 Å². The first-order chi connectivity index (χ1) is 14.0. The van der Waals surface area contributed by atoms with Crippen LogP contribution in [0.1, 0.15) is 16.7 Å². The highest BCUT2D eigenvalue weighted by atomic mass is 127. The Morgan fingerprint density at radius 3 is 2.38 bits per heavy atom. The number of aryl methyl sites for hydroxylation is 1. The van der Waals surface area contributed by atoms with Crippen LogP contribution in [0.3, 0.4) is 0 Å². The summed E-state index contributed by atoms with van der Waals surface area (Å²) in [4.78, 5) is 11.8. The smallest absolute Gasteiger partial charge is 0.341 e. The zero-order valence-electron chi connectivity index (χ0n) is 16.0. The summed E-state index contributed by atoms with van der Waals surface area (Å²) >= 11 is 4.07. The van der Waals surface area contributed by atoms with E-state index in [4.69, 9.17) is 9.84 Å². The Hall–Kier alpha value is -2.25. The molecule has 0 radical (unpaired) electrons. The van der Waals surface area contributed by atoms with E-state index in [1.54, 1.807) is 11.8 Å². The van der Waals surface area contributed by atoms with Crippen molar-refractivity contribution < 1.29 is 14.6 Å². The lowest BCUT2D eigenvalue weighted by molar-refractivity contribution is -0.139. The van der Waals surface area contributed by atoms with Gasteiger partial charge >= 0.3 is 5.97 Å². The summed E-state index contributed by atoms with van der Waals surface area (Å²) in [5.41, 5.74) is 4.69. The predicted molar refractivity (Wildman–Crippen MR) is 128 cm³/mol. The Balaban J connectivity index is 1.76. The van der Waals surface area contributed by atoms with Crippen molar-refractivity contribution in [3.05, 3.63) is 99.1 Å². The molecule has 3 rings (SSSR count). The van der Waals surface area contributed by atoms with Gasteiger partial charge < -0.3 is 9.84 Å². The van der Waals surface area contributed by atoms with Crippen molar-refractivity contribution in [3.63, 3.8) is 0 Å². The van der Waals surface area contributed by atoms with Crippen LogP contribution in [0.4, 0.5) is 0 Å². The van der Waals surface area contributed by atoms with Gasteiger partial charge in [0.15, 0.2) is 6.61 Å². The highest BCUT2D eigenvalue weighted by Crippen LogP contribution is 2.29. The van der Waals surface area contributed by atoms with Crippen molar-refractivity contribution in [1.29, 1.82) is 0 Å². The molecule has 0 amide bonds. The van der Waals surface area contributed by atoms with Gasteiger partial charge in [-0.15, -0.1) is 11.8 Å². The maximum atomic E-state index is 10.6. The average molecular weight is 516 g/mol. The number of thioether (sulfide) groups is 1. The number of carboxylic acid groups (broad SMARTS) is 1. The standard InChI is InChI=1S/C24H21IO3S/c1-17-15-21(28-16-24(26)27)11-12-23(17)29-14-13-22(18-5-3-2-4-6-18)19-7-9-20(25)10-8-19/h2-13,15H,14,16H2,1H3,(H,26,27). The summed E-state index contributed by atoms with van der Waals surface area (Å²) in [5, 5.41) is 8.73. The molecule has 0 unspecified atom stereocenters. The first-order valence-electron chi connectivity index (χ1n) is 9.12. The summed E-state index contributed by atoms with van der Waals surface area (Å²) < 4.78 is 6.47. The Morgan fingerprint density at radius 1 is 1.03 bits per heavy atom. The normalized spacial score (nSPS) is 11.3. The molecule has 0 aliphatic heterocycles. The Labute approximate surface area is 188 Å². The molecule has 0 fully saturated rings. The predicted octanol–water partition coefficient (Wildman–Crippen LogP) is 6.29. The third kappa shape index (κ3) is 6.37. The summed E-state index contributed by atoms with van der Waals surface area (Å²) in [5.74, 6) is 0.427. The molecule has 29 heavy (non-hydrogen) atoms. The van der Waals surface area contributed by atoms with Crippen LogP contribution in [0.2, 0.25) is 0 Å². The number of ether oxygens (including phenoxy) is 1. The number of aliphatic carboxylic acids is 1. The molecule has 0 atom stereocenters. The van der Waals surface area contributed by atoms with Crippen LogP contribution < -0.4 is 4.74 Å². The number of carboxylic acids is 1. The molecule has 3 nitrogen and oxygen atoms in total. The molecule has 0 heterocycles. The molecular weight excluding hydrogens is 495 g/mol. The van der Waals surface area contributed by atoms with Crippen LogP contribution in [0.5, 0.6) is 5.75 Å². The molecule has 3 aromatic carbocycles. The molecule has 148 valence electrons. The highest BCUT2D eigenvalue weighted by Gasteiger charge is 2.07. The number of carbonyl (C=O) groups is 1. The fourth-order valence-corrected chi connectivity index (χ4v) is 4.12. The van der Waals surface area contributed by atoms with E-state index in [1.165, 1.54) is 20.3 Å². The molecule has 3 aromatic rings. The van der Waals surface area contributed by atoms with Gasteiger partial charge in [-0.25, -0.2) is 4.79 Å². The van der Waals surface area contributed by atoms with Crippen LogP contribution in [-0.2, 0) is 4.79 Å². The van der Waals surface area contributed by atoms with Crippen LogP contribution in [-0.4, -0.2) is 23.4 Å². The summed E-state index contributed by atoms with van der Waals surface area (Å²) in [6, 6.07) is 24.7. The van der Waals surface area contributed by atoms with Crippen LogP contribution in [0, 0.1) is 10.5 Å². The summed E-state index contributed by atoms with van der Waals surface area (Å²) in [6.07, 6.45) is 2.26. The van der Waals surface area contributed by atoms with Gasteiger partial charge in [-0.2, -0.15) is 0 Å². The maximum Gasteiger partial charge on any atom is 0.341 e. The first kappa shape index (κ1) is 21.5. The van der Waals surface area contributed by atoms with Gasteiger partial charge in [0.05, 0.1) is 0 Å². The first-order valence-corrected chi connectivity index (χ1v) is 11.2. The minimum absolute atomic E-state index is 0.328. The topological polar surface area (TPSA) is 46.5 Å². The fourth-order valence-electron chi connectivity index (χ4n) is 2.88. The van der Waals surface area contributed by atoms with Crippen LogP contribution in [0.15, 0.2) is 83.8 Å². The number of hydrogen-bond acceptors (Lipinski definition) is 3. The third-order valence-electron chi connectivity index (χ3n) is 4.28. The summed E-state index contributed by atoms with van der Waals surface area (Å²) in [6.45, 7) is 1.68. The Morgan fingerprint density at radius 2 is 1.72 bits per heavy atom. The van der Waals surface area contributed by atoms with E-state index in [0.29, 0.717) is 5.75 Å². The van der Waals surface area contributed by atoms with Gasteiger partial charge in [-0.05, 0) is 82.1 Å². The number of hydrogen-bond donors (Lipinski definition) is 1. The van der Waals surface area contributed by atoms with Crippen LogP contribution in [0.25, 0.3) is 5.57 Å². The largest absolute Gasteiger partial charge is 0.482 e. The zero-order chi connectivity index (χ0) is 20.6. The van der Waals surface area contributed by atoms with E-state index in [1.807, 2.05) is 31.2 Å². The molecule has 0 aliphatic rings. The second-order valence-electron chi connectivity index (χ2n) is 6.41. The molecule has 0 saturated carbocycles. The van der Waals surface area contributed by atoms with Gasteiger partial charge in [0.2, 0.25) is 0 Å². The molecular formula is C24H21IO3S. The van der Waals surface area contributed by atoms with Crippen molar-refractivity contribution in [2.45, 2.75) is 11.8 Å². The van der Waals surface area contributed by atoms with E-state index in [2.05, 4.69) is 77.2 Å². The SMILES string of the molecule is Cc1cc(OCC(=O)O)ccc1SCC=C(c1ccccc1)c1ccc(I)cc1. The van der Waals surface area contributed by atoms with Gasteiger partial charge in [-0.3, -0.25) is 0 Å². The fraction of sp³-hybridized carbons (Fsp3) is 0.125. The van der Waals surface area contributed by atoms with Gasteiger partial charge in [0.25, 0.3) is 0 Å². The van der Waals surface area contributed by atoms with Crippen molar-refractivity contribution in [1.82, 2.24) is 0 Å². The van der Waals surface area contributed by atoms with E-state index in [0.717, 1.165) is 16.2 Å². The van der Waals surface area contributed by atoms with Gasteiger partial charge in [0.1, 0.15) is 5.75 Å². The molecule has 0 saturated heterocycles. The minimum atomic E-state index is -0.977. The maximum absolute atomic E-state index is 10.6. The van der Waals surface area contributed by atoms with Crippen LogP contribution >= 0.6 is 34.4 Å². The van der Waals surface area contributed by atoms with Crippen molar-refractivity contribution in [2.75, 3.05) is 12.4 Å². The summed E-state index contributed by atoms with van der Waals surface area (Å²) in [7, 11) is 0. The number of benzene rings is 3. The lowest BCUT2D eigenvalue weighted by Crippen LogP contribution is -2.09. The van der Waals surface area contributed by atoms with Gasteiger partial charge in [-0.1, -0.05) is 48.5 Å². The Kier molecular flexibility index (Phi) is 7.77. The van der Waals surface area contributed by atoms with Crippen molar-refractivity contribution in [2.24, 2.45) is 0 Å². The number of rotatable bonds is 8. The zero-order valence-corrected chi connectivity index (χ0v) is 18.9. The van der Waals surface area contributed by atoms with Crippen molar-refractivity contribution in [3.8, 4) is 5.75 Å². The quantitative estimate of drug-likeness (QED) is 0.283. The molecule has 0 bridgehead atoms. The van der Waals surface area contributed by atoms with E-state index < -0.39 is 5.97 Å². The van der Waals surface area contributed by atoms with Gasteiger partial charge in [0, 0.05) is 14.2 Å². The van der Waals surface area contributed by atoms with E-state index in [9.17, 15) is 4.79 Å². The number of halogens is 1. The Bertz CT molecular complexity index is 998. The lowest BCUT2D eigenvalue weighted by atomic mass is 9.98. The third-order valence-corrected chi connectivity index (χ3v) is 6.10. The second-order valence-corrected chi connectivity index (χ2v) is 8.72. The van der Waals surface area contributed by atoms with E-state index >= 15 is 0 Å². The molecule has 1 N–H and O–H groups in total. The molecule has 0 aliphatic carbocycles. The highest BCUT2D eigenvalue weighted by molar-refractivity contribution is 14.1. The average Bonchev–Trinajstić information content (AvgIpc) is 2.72. The van der Waals surface area contributed by atoms with Crippen molar-refractivity contribution >= 4 is 45.9 Å². The lowest BCUT2D eigenvalue weighted by Gasteiger charge is -2.11.